The number of hydrogen-bond acceptors (Lipinski definition) is 4. The molecule has 11 heteroatoms. The molecule has 4 rings (SSSR count). The minimum atomic E-state index is -4.58. The summed E-state index contributed by atoms with van der Waals surface area (Å²) in [5.74, 6) is -2.29. The molecule has 0 spiro atoms. The van der Waals surface area contributed by atoms with Gasteiger partial charge in [0.15, 0.2) is 6.10 Å². The Hall–Kier alpha value is -2.27. The van der Waals surface area contributed by atoms with Crippen molar-refractivity contribution in [3.8, 4) is 0 Å². The van der Waals surface area contributed by atoms with Crippen molar-refractivity contribution in [1.82, 2.24) is 20.0 Å². The molecule has 3 heterocycles. The molecule has 2 aliphatic rings. The molecule has 6 nitrogen and oxygen atoms in total. The number of carbonyl (C=O) groups excluding carboxylic acids is 1. The zero-order chi connectivity index (χ0) is 20.1. The van der Waals surface area contributed by atoms with Crippen LogP contribution < -0.4 is 5.32 Å². The van der Waals surface area contributed by atoms with Gasteiger partial charge in [0.2, 0.25) is 5.91 Å². The highest BCUT2D eigenvalue weighted by Gasteiger charge is 2.44. The van der Waals surface area contributed by atoms with Gasteiger partial charge in [-0.25, -0.2) is 8.78 Å². The quantitative estimate of drug-likeness (QED) is 0.793. The van der Waals surface area contributed by atoms with Crippen LogP contribution in [0, 0.1) is 11.6 Å². The molecule has 1 atom stereocenters. The molecular formula is C17H17F5N4O2. The van der Waals surface area contributed by atoms with Gasteiger partial charge in [-0.1, -0.05) is 0 Å². The van der Waals surface area contributed by atoms with Crippen molar-refractivity contribution in [3.05, 3.63) is 29.5 Å². The molecule has 1 aromatic heterocycles. The lowest BCUT2D eigenvalue weighted by Crippen LogP contribution is -2.51. The average Bonchev–Trinajstić information content (AvgIpc) is 2.91. The molecule has 0 unspecified atom stereocenters. The van der Waals surface area contributed by atoms with Crippen molar-refractivity contribution >= 4 is 16.8 Å². The fourth-order valence-electron chi connectivity index (χ4n) is 3.44. The SMILES string of the molecule is O=C(Cn1nc(C2CNC2)c2c(F)cc(F)cc21)N1CCO[C@@H](C(F)(F)F)C1. The summed E-state index contributed by atoms with van der Waals surface area (Å²) in [6.45, 7) is -0.111. The van der Waals surface area contributed by atoms with Crippen LogP contribution in [0.4, 0.5) is 22.0 Å². The molecule has 1 aromatic carbocycles. The number of hydrogen-bond donors (Lipinski definition) is 1. The smallest absolute Gasteiger partial charge is 0.365 e. The molecule has 2 aliphatic heterocycles. The van der Waals surface area contributed by atoms with Gasteiger partial charge in [0.05, 0.1) is 29.7 Å². The number of ether oxygens (including phenoxy) is 1. The van der Waals surface area contributed by atoms with E-state index in [1.807, 2.05) is 0 Å². The van der Waals surface area contributed by atoms with Gasteiger partial charge in [-0.05, 0) is 0 Å². The van der Waals surface area contributed by atoms with Gasteiger partial charge >= 0.3 is 6.18 Å². The third-order valence-electron chi connectivity index (χ3n) is 5.03. The molecule has 0 radical (unpaired) electrons. The summed E-state index contributed by atoms with van der Waals surface area (Å²) in [4.78, 5) is 13.6. The predicted molar refractivity (Wildman–Crippen MR) is 87.6 cm³/mol. The minimum absolute atomic E-state index is 0.00669. The van der Waals surface area contributed by atoms with Crippen LogP contribution in [0.1, 0.15) is 11.6 Å². The summed E-state index contributed by atoms with van der Waals surface area (Å²) in [6.07, 6.45) is -6.63. The van der Waals surface area contributed by atoms with Crippen LogP contribution in [-0.4, -0.2) is 65.7 Å². The zero-order valence-electron chi connectivity index (χ0n) is 14.6. The molecule has 1 amide bonds. The maximum atomic E-state index is 14.4. The van der Waals surface area contributed by atoms with Gasteiger partial charge in [-0.3, -0.25) is 9.48 Å². The summed E-state index contributed by atoms with van der Waals surface area (Å²) in [5.41, 5.74) is 0.516. The first kappa shape index (κ1) is 19.1. The lowest BCUT2D eigenvalue weighted by molar-refractivity contribution is -0.236. The number of nitrogens with zero attached hydrogens (tertiary/aromatic N) is 3. The average molecular weight is 404 g/mol. The predicted octanol–water partition coefficient (Wildman–Crippen LogP) is 1.79. The van der Waals surface area contributed by atoms with Crippen molar-refractivity contribution < 1.29 is 31.5 Å². The normalized spacial score (nSPS) is 21.2. The summed E-state index contributed by atoms with van der Waals surface area (Å²) in [5, 5.41) is 7.45. The highest BCUT2D eigenvalue weighted by Crippen LogP contribution is 2.31. The molecule has 2 fully saturated rings. The van der Waals surface area contributed by atoms with Gasteiger partial charge in [0, 0.05) is 37.7 Å². The van der Waals surface area contributed by atoms with E-state index in [4.69, 9.17) is 0 Å². The largest absolute Gasteiger partial charge is 0.416 e. The molecule has 28 heavy (non-hydrogen) atoms. The number of amides is 1. The Morgan fingerprint density at radius 1 is 1.29 bits per heavy atom. The van der Waals surface area contributed by atoms with E-state index in [9.17, 15) is 26.7 Å². The van der Waals surface area contributed by atoms with Crippen molar-refractivity contribution in [1.29, 1.82) is 0 Å². The molecule has 0 saturated carbocycles. The van der Waals surface area contributed by atoms with Crippen molar-refractivity contribution in [3.63, 3.8) is 0 Å². The van der Waals surface area contributed by atoms with Crippen molar-refractivity contribution in [2.24, 2.45) is 0 Å². The van der Waals surface area contributed by atoms with Gasteiger partial charge in [-0.2, -0.15) is 18.3 Å². The maximum absolute atomic E-state index is 14.4. The number of alkyl halides is 3. The third-order valence-corrected chi connectivity index (χ3v) is 5.03. The molecule has 2 saturated heterocycles. The van der Waals surface area contributed by atoms with Gasteiger partial charge in [-0.15, -0.1) is 0 Å². The summed E-state index contributed by atoms with van der Waals surface area (Å²) in [6, 6.07) is 1.83. The van der Waals surface area contributed by atoms with Crippen LogP contribution in [0.5, 0.6) is 0 Å². The third kappa shape index (κ3) is 3.44. The van der Waals surface area contributed by atoms with E-state index in [0.717, 1.165) is 21.7 Å². The first-order valence-corrected chi connectivity index (χ1v) is 8.76. The van der Waals surface area contributed by atoms with Crippen LogP contribution in [0.15, 0.2) is 12.1 Å². The zero-order valence-corrected chi connectivity index (χ0v) is 14.6. The molecule has 0 bridgehead atoms. The van der Waals surface area contributed by atoms with Gasteiger partial charge in [0.1, 0.15) is 18.2 Å². The van der Waals surface area contributed by atoms with Crippen LogP contribution in [0.25, 0.3) is 10.9 Å². The summed E-state index contributed by atoms with van der Waals surface area (Å²) < 4.78 is 72.6. The van der Waals surface area contributed by atoms with E-state index in [-0.39, 0.29) is 30.0 Å². The Labute approximate surface area is 156 Å². The highest BCUT2D eigenvalue weighted by molar-refractivity contribution is 5.85. The molecule has 2 aromatic rings. The first-order chi connectivity index (χ1) is 13.2. The van der Waals surface area contributed by atoms with Gasteiger partial charge in [0.25, 0.3) is 0 Å². The van der Waals surface area contributed by atoms with E-state index in [1.54, 1.807) is 0 Å². The Balaban J connectivity index is 1.61. The number of halogens is 5. The fourth-order valence-corrected chi connectivity index (χ4v) is 3.44. The van der Waals surface area contributed by atoms with Crippen molar-refractivity contribution in [2.75, 3.05) is 32.8 Å². The number of nitrogens with one attached hydrogen (secondary N) is 1. The second-order valence-electron chi connectivity index (χ2n) is 6.92. The fraction of sp³-hybridized carbons (Fsp3) is 0.529. The van der Waals surface area contributed by atoms with Crippen LogP contribution in [0.2, 0.25) is 0 Å². The maximum Gasteiger partial charge on any atom is 0.416 e. The number of fused-ring (bicyclic) bond motifs is 1. The monoisotopic (exact) mass is 404 g/mol. The second-order valence-corrected chi connectivity index (χ2v) is 6.92. The van der Waals surface area contributed by atoms with E-state index < -0.39 is 42.9 Å². The number of benzene rings is 1. The second kappa shape index (κ2) is 6.96. The Bertz CT molecular complexity index is 909. The van der Waals surface area contributed by atoms with E-state index >= 15 is 0 Å². The lowest BCUT2D eigenvalue weighted by Gasteiger charge is -2.33. The lowest BCUT2D eigenvalue weighted by atomic mass is 9.96. The number of morpholine rings is 1. The number of aromatic nitrogens is 2. The molecule has 1 N–H and O–H groups in total. The number of rotatable bonds is 3. The molecule has 0 aliphatic carbocycles. The van der Waals surface area contributed by atoms with E-state index in [1.165, 1.54) is 0 Å². The van der Waals surface area contributed by atoms with Crippen LogP contribution >= 0.6 is 0 Å². The van der Waals surface area contributed by atoms with E-state index in [0.29, 0.717) is 18.8 Å². The van der Waals surface area contributed by atoms with Gasteiger partial charge < -0.3 is 15.0 Å². The molecular weight excluding hydrogens is 387 g/mol. The summed E-state index contributed by atoms with van der Waals surface area (Å²) in [7, 11) is 0. The Kier molecular flexibility index (Phi) is 4.74. The minimum Gasteiger partial charge on any atom is -0.365 e. The standard InChI is InChI=1S/C17H17F5N4O2/c18-10-3-11(19)15-12(4-10)26(24-16(15)9-5-23-6-9)8-14(27)25-1-2-28-13(7-25)17(20,21)22/h3-4,9,13,23H,1-2,5-8H2/t13-/m1/s1. The van der Waals surface area contributed by atoms with Crippen molar-refractivity contribution in [2.45, 2.75) is 24.7 Å². The summed E-state index contributed by atoms with van der Waals surface area (Å²) >= 11 is 0. The molecule has 152 valence electrons. The topological polar surface area (TPSA) is 59.4 Å². The Morgan fingerprint density at radius 3 is 2.68 bits per heavy atom. The Morgan fingerprint density at radius 2 is 2.04 bits per heavy atom. The van der Waals surface area contributed by atoms with Crippen LogP contribution in [0.3, 0.4) is 0 Å². The number of carbonyl (C=O) groups is 1. The van der Waals surface area contributed by atoms with E-state index in [2.05, 4.69) is 15.2 Å². The highest BCUT2D eigenvalue weighted by atomic mass is 19.4. The van der Waals surface area contributed by atoms with Crippen LogP contribution in [-0.2, 0) is 16.1 Å². The first-order valence-electron chi connectivity index (χ1n) is 8.76.